The number of carbonyl (C=O) groups is 1. The van der Waals surface area contributed by atoms with Crippen molar-refractivity contribution in [2.75, 3.05) is 125 Å². The van der Waals surface area contributed by atoms with E-state index < -0.39 is 5.97 Å². The summed E-state index contributed by atoms with van der Waals surface area (Å²) in [5.74, 6) is -0.993. The van der Waals surface area contributed by atoms with Crippen LogP contribution in [0.25, 0.3) is 0 Å². The van der Waals surface area contributed by atoms with Gasteiger partial charge in [-0.05, 0) is 0 Å². The molecular weight excluding hydrogens is 430 g/mol. The Labute approximate surface area is 190 Å². The number of carboxylic acid groups (broad SMARTS) is 1. The van der Waals surface area contributed by atoms with E-state index in [0.29, 0.717) is 112 Å². The number of nitrogens with two attached hydrogens (primary N) is 1. The number of hydrogen-bond donors (Lipinski definition) is 2. The van der Waals surface area contributed by atoms with Gasteiger partial charge in [-0.15, -0.1) is 0 Å². The highest BCUT2D eigenvalue weighted by Gasteiger charge is 1.97. The number of hydrogen-bond acceptors (Lipinski definition) is 11. The van der Waals surface area contributed by atoms with Gasteiger partial charge in [-0.3, -0.25) is 0 Å². The van der Waals surface area contributed by atoms with Crippen LogP contribution in [0.4, 0.5) is 0 Å². The summed E-state index contributed by atoms with van der Waals surface area (Å²) in [4.78, 5) is 10.2. The average molecular weight is 472 g/mol. The van der Waals surface area contributed by atoms with Gasteiger partial charge in [0.2, 0.25) is 0 Å². The minimum Gasteiger partial charge on any atom is -0.480 e. The fourth-order valence-corrected chi connectivity index (χ4v) is 2.00. The van der Waals surface area contributed by atoms with Gasteiger partial charge in [-0.1, -0.05) is 0 Å². The van der Waals surface area contributed by atoms with Crippen LogP contribution in [0.1, 0.15) is 0 Å². The minimum absolute atomic E-state index is 0.247. The molecule has 0 saturated heterocycles. The quantitative estimate of drug-likeness (QED) is 0.137. The third kappa shape index (κ3) is 29.1. The summed E-state index contributed by atoms with van der Waals surface area (Å²) in [6.07, 6.45) is 0. The van der Waals surface area contributed by atoms with Crippen LogP contribution < -0.4 is 5.73 Å². The van der Waals surface area contributed by atoms with Crippen LogP contribution in [0.2, 0.25) is 0 Å². The van der Waals surface area contributed by atoms with E-state index >= 15 is 0 Å². The van der Waals surface area contributed by atoms with Crippen LogP contribution in [0.3, 0.4) is 0 Å². The zero-order chi connectivity index (χ0) is 23.4. The summed E-state index contributed by atoms with van der Waals surface area (Å²) >= 11 is 0. The lowest BCUT2D eigenvalue weighted by molar-refractivity contribution is -0.142. The van der Waals surface area contributed by atoms with Gasteiger partial charge in [-0.2, -0.15) is 0 Å². The van der Waals surface area contributed by atoms with Crippen molar-refractivity contribution in [3.8, 4) is 0 Å². The lowest BCUT2D eigenvalue weighted by atomic mass is 10.6. The molecule has 0 rings (SSSR count). The van der Waals surface area contributed by atoms with Gasteiger partial charge in [0, 0.05) is 6.54 Å². The molecule has 0 aliphatic heterocycles. The summed E-state index contributed by atoms with van der Waals surface area (Å²) in [5.41, 5.74) is 5.30. The summed E-state index contributed by atoms with van der Waals surface area (Å²) in [7, 11) is 0. The van der Waals surface area contributed by atoms with E-state index in [0.717, 1.165) is 0 Å². The molecule has 12 nitrogen and oxygen atoms in total. The van der Waals surface area contributed by atoms with Gasteiger partial charge in [0.25, 0.3) is 0 Å². The zero-order valence-corrected chi connectivity index (χ0v) is 19.0. The largest absolute Gasteiger partial charge is 0.480 e. The van der Waals surface area contributed by atoms with Gasteiger partial charge < -0.3 is 53.5 Å². The van der Waals surface area contributed by atoms with E-state index in [1.165, 1.54) is 0 Å². The first-order valence-corrected chi connectivity index (χ1v) is 10.9. The van der Waals surface area contributed by atoms with Crippen LogP contribution in [-0.2, 0) is 47.4 Å². The van der Waals surface area contributed by atoms with Gasteiger partial charge in [0.15, 0.2) is 0 Å². The van der Waals surface area contributed by atoms with E-state index in [9.17, 15) is 4.79 Å². The van der Waals surface area contributed by atoms with Crippen molar-refractivity contribution in [1.82, 2.24) is 0 Å². The number of carboxylic acids is 1. The maximum absolute atomic E-state index is 10.2. The molecule has 0 aromatic carbocycles. The SMILES string of the molecule is NCCOCCOCCOCCOCCOCCOCCOCCOCCOCC(=O)O. The second-order valence-electron chi connectivity index (χ2n) is 6.13. The third-order valence-corrected chi connectivity index (χ3v) is 3.46. The Morgan fingerprint density at radius 3 is 0.875 bits per heavy atom. The molecule has 0 aromatic rings. The molecule has 0 bridgehead atoms. The summed E-state index contributed by atoms with van der Waals surface area (Å²) in [6.45, 7) is 8.29. The standard InChI is InChI=1S/C20H41NO11/c21-1-2-24-3-4-25-5-6-26-7-8-27-9-10-28-11-12-29-13-14-30-15-16-31-17-18-32-19-20(22)23/h1-19,21H2,(H,22,23). The zero-order valence-electron chi connectivity index (χ0n) is 19.0. The molecule has 0 aliphatic carbocycles. The molecule has 0 amide bonds. The molecule has 192 valence electrons. The van der Waals surface area contributed by atoms with Crippen molar-refractivity contribution in [2.24, 2.45) is 5.73 Å². The third-order valence-electron chi connectivity index (χ3n) is 3.46. The molecule has 0 radical (unpaired) electrons. The van der Waals surface area contributed by atoms with E-state index in [-0.39, 0.29) is 13.2 Å². The van der Waals surface area contributed by atoms with Gasteiger partial charge in [-0.25, -0.2) is 4.79 Å². The molecule has 0 heterocycles. The van der Waals surface area contributed by atoms with E-state index in [4.69, 9.17) is 53.5 Å². The highest BCUT2D eigenvalue weighted by Crippen LogP contribution is 1.86. The van der Waals surface area contributed by atoms with Crippen LogP contribution in [0.5, 0.6) is 0 Å². The first kappa shape index (κ1) is 31.1. The predicted octanol–water partition coefficient (Wildman–Crippen LogP) is -0.821. The highest BCUT2D eigenvalue weighted by molar-refractivity contribution is 5.67. The summed E-state index contributed by atoms with van der Waals surface area (Å²) < 4.78 is 47.5. The lowest BCUT2D eigenvalue weighted by Crippen LogP contribution is -2.15. The molecular formula is C20H41NO11. The van der Waals surface area contributed by atoms with E-state index in [1.54, 1.807) is 0 Å². The number of aliphatic carboxylic acids is 1. The van der Waals surface area contributed by atoms with Crippen molar-refractivity contribution in [3.05, 3.63) is 0 Å². The second-order valence-corrected chi connectivity index (χ2v) is 6.13. The monoisotopic (exact) mass is 471 g/mol. The molecule has 0 fully saturated rings. The topological polar surface area (TPSA) is 146 Å². The molecule has 32 heavy (non-hydrogen) atoms. The van der Waals surface area contributed by atoms with Crippen molar-refractivity contribution >= 4 is 5.97 Å². The lowest BCUT2D eigenvalue weighted by Gasteiger charge is -2.08. The first-order chi connectivity index (χ1) is 15.8. The molecule has 12 heteroatoms. The average Bonchev–Trinajstić information content (AvgIpc) is 2.78. The molecule has 0 aromatic heterocycles. The summed E-state index contributed by atoms with van der Waals surface area (Å²) in [6, 6.07) is 0. The molecule has 0 aliphatic rings. The Hall–Kier alpha value is -0.930. The van der Waals surface area contributed by atoms with Crippen molar-refractivity contribution < 1.29 is 52.5 Å². The Morgan fingerprint density at radius 1 is 0.438 bits per heavy atom. The van der Waals surface area contributed by atoms with E-state index in [1.807, 2.05) is 0 Å². The summed E-state index contributed by atoms with van der Waals surface area (Å²) in [5, 5.41) is 8.38. The van der Waals surface area contributed by atoms with Crippen LogP contribution >= 0.6 is 0 Å². The maximum atomic E-state index is 10.2. The Balaban J connectivity index is 3.00. The minimum atomic E-state index is -0.993. The fourth-order valence-electron chi connectivity index (χ4n) is 2.00. The van der Waals surface area contributed by atoms with Crippen LogP contribution in [-0.4, -0.2) is 137 Å². The Kier molecular flexibility index (Phi) is 27.3. The van der Waals surface area contributed by atoms with E-state index in [2.05, 4.69) is 0 Å². The smallest absolute Gasteiger partial charge is 0.329 e. The predicted molar refractivity (Wildman–Crippen MR) is 114 cm³/mol. The normalized spacial score (nSPS) is 11.3. The molecule has 3 N–H and O–H groups in total. The molecule has 0 unspecified atom stereocenters. The molecule has 0 saturated carbocycles. The Morgan fingerprint density at radius 2 is 0.656 bits per heavy atom. The Bertz CT molecular complexity index is 377. The number of ether oxygens (including phenoxy) is 9. The van der Waals surface area contributed by atoms with Crippen LogP contribution in [0, 0.1) is 0 Å². The van der Waals surface area contributed by atoms with Crippen molar-refractivity contribution in [3.63, 3.8) is 0 Å². The van der Waals surface area contributed by atoms with Gasteiger partial charge >= 0.3 is 5.97 Å². The maximum Gasteiger partial charge on any atom is 0.329 e. The second kappa shape index (κ2) is 28.1. The molecule has 0 spiro atoms. The molecule has 0 atom stereocenters. The van der Waals surface area contributed by atoms with Gasteiger partial charge in [0.05, 0.1) is 112 Å². The van der Waals surface area contributed by atoms with Gasteiger partial charge in [0.1, 0.15) is 6.61 Å². The van der Waals surface area contributed by atoms with Crippen molar-refractivity contribution in [1.29, 1.82) is 0 Å². The first-order valence-electron chi connectivity index (χ1n) is 10.9. The van der Waals surface area contributed by atoms with Crippen molar-refractivity contribution in [2.45, 2.75) is 0 Å². The number of rotatable bonds is 28. The fraction of sp³-hybridized carbons (Fsp3) is 0.950. The van der Waals surface area contributed by atoms with Crippen LogP contribution in [0.15, 0.2) is 0 Å². The highest BCUT2D eigenvalue weighted by atomic mass is 16.6.